The van der Waals surface area contributed by atoms with Crippen LogP contribution in [0.15, 0.2) is 72.8 Å². The number of hydrogen-bond acceptors (Lipinski definition) is 5. The molecule has 3 atom stereocenters. The maximum absolute atomic E-state index is 13.9. The summed E-state index contributed by atoms with van der Waals surface area (Å²) < 4.78 is 0. The molecule has 37 heavy (non-hydrogen) atoms. The number of nitrogens with one attached hydrogen (secondary N) is 1. The molecule has 3 aromatic carbocycles. The number of nitro benzene ring substituents is 1. The van der Waals surface area contributed by atoms with Gasteiger partial charge in [-0.3, -0.25) is 29.4 Å². The quantitative estimate of drug-likeness (QED) is 0.228. The number of nitro groups is 1. The van der Waals surface area contributed by atoms with E-state index in [-0.39, 0.29) is 11.4 Å². The number of rotatable bonds is 4. The molecule has 10 heteroatoms. The number of benzene rings is 3. The van der Waals surface area contributed by atoms with Gasteiger partial charge in [-0.25, -0.2) is 0 Å². The second-order valence-corrected chi connectivity index (χ2v) is 10.7. The molecule has 4 aliphatic rings. The van der Waals surface area contributed by atoms with Crippen LogP contribution in [0, 0.1) is 22.0 Å². The van der Waals surface area contributed by atoms with E-state index in [0.29, 0.717) is 22.3 Å². The fourth-order valence-electron chi connectivity index (χ4n) is 6.13. The molecule has 0 radical (unpaired) electrons. The lowest BCUT2D eigenvalue weighted by Gasteiger charge is -2.54. The average Bonchev–Trinajstić information content (AvgIpc) is 3.17. The average molecular weight is 536 g/mol. The third kappa shape index (κ3) is 2.94. The fourth-order valence-corrected chi connectivity index (χ4v) is 7.23. The highest BCUT2D eigenvalue weighted by Crippen LogP contribution is 2.69. The van der Waals surface area contributed by atoms with Crippen LogP contribution in [0.1, 0.15) is 29.2 Å². The molecule has 2 bridgehead atoms. The number of nitrogens with zero attached hydrogens (tertiary/aromatic N) is 2. The van der Waals surface area contributed by atoms with Crippen LogP contribution in [0.5, 0.6) is 0 Å². The second-order valence-electron chi connectivity index (χ2n) is 9.49. The smallest absolute Gasteiger partial charge is 0.271 e. The third-order valence-electron chi connectivity index (χ3n) is 7.71. The van der Waals surface area contributed by atoms with Crippen LogP contribution in [0.4, 0.5) is 11.4 Å². The zero-order valence-corrected chi connectivity index (χ0v) is 20.9. The van der Waals surface area contributed by atoms with Crippen molar-refractivity contribution >= 4 is 52.3 Å². The van der Waals surface area contributed by atoms with Crippen LogP contribution in [-0.2, 0) is 24.1 Å². The SMILES string of the molecule is C[C@H](C(=O)Nc1cccc([N+](=O)[O-])c1)N1C(=O)[C@@H]2[C@@H](C1=O)C1(Cl)c3ccccc3C2(Cl)c2ccccc21. The molecule has 0 aromatic heterocycles. The normalized spacial score (nSPS) is 27.8. The van der Waals surface area contributed by atoms with Crippen molar-refractivity contribution in [1.29, 1.82) is 0 Å². The molecule has 0 unspecified atom stereocenters. The molecule has 186 valence electrons. The molecular formula is C27H19Cl2N3O5. The fraction of sp³-hybridized carbons (Fsp3) is 0.222. The summed E-state index contributed by atoms with van der Waals surface area (Å²) in [6, 6.07) is 18.8. The van der Waals surface area contributed by atoms with E-state index >= 15 is 0 Å². The van der Waals surface area contributed by atoms with E-state index in [1.807, 2.05) is 48.5 Å². The minimum Gasteiger partial charge on any atom is -0.324 e. The first-order valence-electron chi connectivity index (χ1n) is 11.6. The van der Waals surface area contributed by atoms with Gasteiger partial charge >= 0.3 is 0 Å². The van der Waals surface area contributed by atoms with E-state index in [2.05, 4.69) is 5.32 Å². The van der Waals surface area contributed by atoms with E-state index in [1.165, 1.54) is 31.2 Å². The Kier molecular flexibility index (Phi) is 5.03. The minimum atomic E-state index is -1.34. The van der Waals surface area contributed by atoms with Gasteiger partial charge in [0.2, 0.25) is 17.7 Å². The van der Waals surface area contributed by atoms with Gasteiger partial charge in [-0.15, -0.1) is 23.2 Å². The number of likely N-dealkylation sites (tertiary alicyclic amines) is 1. The van der Waals surface area contributed by atoms with Crippen LogP contribution in [0.25, 0.3) is 0 Å². The molecule has 3 aromatic rings. The first kappa shape index (κ1) is 23.6. The molecule has 0 spiro atoms. The first-order chi connectivity index (χ1) is 17.6. The van der Waals surface area contributed by atoms with Crippen LogP contribution >= 0.6 is 23.2 Å². The van der Waals surface area contributed by atoms with Crippen LogP contribution in [-0.4, -0.2) is 33.6 Å². The topological polar surface area (TPSA) is 110 Å². The molecule has 3 aliphatic carbocycles. The van der Waals surface area contributed by atoms with Gasteiger partial charge in [0.1, 0.15) is 15.8 Å². The van der Waals surface area contributed by atoms with Crippen LogP contribution in [0.3, 0.4) is 0 Å². The number of amides is 3. The second kappa shape index (κ2) is 7.87. The van der Waals surface area contributed by atoms with Crippen molar-refractivity contribution in [3.63, 3.8) is 0 Å². The van der Waals surface area contributed by atoms with Gasteiger partial charge in [-0.05, 0) is 35.2 Å². The predicted molar refractivity (Wildman–Crippen MR) is 136 cm³/mol. The highest BCUT2D eigenvalue weighted by Gasteiger charge is 2.73. The number of anilines is 1. The van der Waals surface area contributed by atoms with E-state index in [9.17, 15) is 24.5 Å². The molecule has 8 nitrogen and oxygen atoms in total. The number of alkyl halides is 2. The number of halogens is 2. The zero-order chi connectivity index (χ0) is 26.3. The number of carbonyl (C=O) groups excluding carboxylic acids is 3. The molecule has 1 saturated heterocycles. The summed E-state index contributed by atoms with van der Waals surface area (Å²) in [7, 11) is 0. The highest BCUT2D eigenvalue weighted by molar-refractivity contribution is 6.36. The van der Waals surface area contributed by atoms with Gasteiger partial charge < -0.3 is 5.32 Å². The summed E-state index contributed by atoms with van der Waals surface area (Å²) in [5.41, 5.74) is 2.65. The maximum Gasteiger partial charge on any atom is 0.271 e. The molecule has 0 saturated carbocycles. The van der Waals surface area contributed by atoms with Crippen molar-refractivity contribution in [2.75, 3.05) is 5.32 Å². The number of carbonyl (C=O) groups is 3. The van der Waals surface area contributed by atoms with Gasteiger partial charge in [0.15, 0.2) is 0 Å². The highest BCUT2D eigenvalue weighted by atomic mass is 35.5. The summed E-state index contributed by atoms with van der Waals surface area (Å²) >= 11 is 14.8. The summed E-state index contributed by atoms with van der Waals surface area (Å²) in [5.74, 6) is -3.87. The lowest BCUT2D eigenvalue weighted by Crippen LogP contribution is -2.57. The van der Waals surface area contributed by atoms with Gasteiger partial charge in [0, 0.05) is 17.8 Å². The third-order valence-corrected chi connectivity index (χ3v) is 9.00. The van der Waals surface area contributed by atoms with Crippen LogP contribution < -0.4 is 5.32 Å². The zero-order valence-electron chi connectivity index (χ0n) is 19.4. The summed E-state index contributed by atoms with van der Waals surface area (Å²) in [6.45, 7) is 1.43. The standard InChI is InChI=1S/C27H19Cl2N3O5/c1-14(23(33)30-15-7-6-8-16(13-15)32(36)37)31-24(34)21-22(25(31)35)27(29)18-10-3-2-9-17(18)26(21,28)19-11-4-5-12-20(19)27/h2-14,21-22H,1H3,(H,30,33)/t14-,21+,22+,26?,27?/m1/s1. The van der Waals surface area contributed by atoms with Crippen molar-refractivity contribution in [3.8, 4) is 0 Å². The van der Waals surface area contributed by atoms with Crippen LogP contribution in [0.2, 0.25) is 0 Å². The summed E-state index contributed by atoms with van der Waals surface area (Å²) in [4.78, 5) is 49.8. The lowest BCUT2D eigenvalue weighted by molar-refractivity contribution is -0.384. The Bertz CT molecular complexity index is 1420. The van der Waals surface area contributed by atoms with Crippen molar-refractivity contribution in [3.05, 3.63) is 105 Å². The summed E-state index contributed by atoms with van der Waals surface area (Å²) in [5, 5.41) is 13.7. The monoisotopic (exact) mass is 535 g/mol. The number of imide groups is 1. The Morgan fingerprint density at radius 3 is 1.78 bits per heavy atom. The largest absolute Gasteiger partial charge is 0.324 e. The Balaban J connectivity index is 1.42. The first-order valence-corrected chi connectivity index (χ1v) is 12.4. The van der Waals surface area contributed by atoms with Crippen molar-refractivity contribution in [2.24, 2.45) is 11.8 Å². The molecule has 1 N–H and O–H groups in total. The van der Waals surface area contributed by atoms with Crippen molar-refractivity contribution in [2.45, 2.75) is 22.7 Å². The molecule has 1 fully saturated rings. The van der Waals surface area contributed by atoms with E-state index < -0.39 is 50.3 Å². The van der Waals surface area contributed by atoms with E-state index in [4.69, 9.17) is 23.2 Å². The van der Waals surface area contributed by atoms with Gasteiger partial charge in [0.25, 0.3) is 5.69 Å². The minimum absolute atomic E-state index is 0.171. The van der Waals surface area contributed by atoms with E-state index in [0.717, 1.165) is 4.90 Å². The van der Waals surface area contributed by atoms with E-state index in [1.54, 1.807) is 0 Å². The Morgan fingerprint density at radius 1 is 0.892 bits per heavy atom. The van der Waals surface area contributed by atoms with Gasteiger partial charge in [0.05, 0.1) is 16.8 Å². The van der Waals surface area contributed by atoms with Crippen molar-refractivity contribution in [1.82, 2.24) is 4.90 Å². The molecule has 7 rings (SSSR count). The lowest BCUT2D eigenvalue weighted by atomic mass is 9.54. The number of hydrogen-bond donors (Lipinski definition) is 1. The van der Waals surface area contributed by atoms with Gasteiger partial charge in [-0.2, -0.15) is 0 Å². The molecule has 1 aliphatic heterocycles. The Morgan fingerprint density at radius 2 is 1.35 bits per heavy atom. The Labute approximate surface area is 221 Å². The van der Waals surface area contributed by atoms with Crippen molar-refractivity contribution < 1.29 is 19.3 Å². The number of non-ortho nitro benzene ring substituents is 1. The van der Waals surface area contributed by atoms with Gasteiger partial charge in [-0.1, -0.05) is 54.6 Å². The molecular weight excluding hydrogens is 517 g/mol. The maximum atomic E-state index is 13.9. The predicted octanol–water partition coefficient (Wildman–Crippen LogP) is 4.52. The molecule has 1 heterocycles. The molecule has 3 amide bonds. The Hall–Kier alpha value is -3.75. The summed E-state index contributed by atoms with van der Waals surface area (Å²) in [6.07, 6.45) is 0.